The molecule has 0 spiro atoms. The number of benzene rings is 1. The summed E-state index contributed by atoms with van der Waals surface area (Å²) in [6.07, 6.45) is 1.12. The summed E-state index contributed by atoms with van der Waals surface area (Å²) in [7, 11) is 1.73. The smallest absolute Gasteiger partial charge is 0.119 e. The Morgan fingerprint density at radius 3 is 2.85 bits per heavy atom. The summed E-state index contributed by atoms with van der Waals surface area (Å²) in [5, 5.41) is 3.66. The van der Waals surface area contributed by atoms with Crippen molar-refractivity contribution < 1.29 is 9.47 Å². The van der Waals surface area contributed by atoms with Crippen LogP contribution in [0, 0.1) is 0 Å². The van der Waals surface area contributed by atoms with Crippen molar-refractivity contribution in [1.29, 1.82) is 0 Å². The molecule has 1 heterocycles. The lowest BCUT2D eigenvalue weighted by Crippen LogP contribution is -2.48. The number of rotatable bonds is 4. The Morgan fingerprint density at radius 1 is 1.35 bits per heavy atom. The molecule has 3 rings (SSSR count). The third-order valence-corrected chi connectivity index (χ3v) is 4.44. The van der Waals surface area contributed by atoms with Crippen LogP contribution in [0.1, 0.15) is 24.1 Å². The van der Waals surface area contributed by atoms with E-state index < -0.39 is 0 Å². The molecule has 4 nitrogen and oxygen atoms in total. The molecule has 1 aromatic carbocycles. The molecule has 0 radical (unpaired) electrons. The molecule has 0 saturated carbocycles. The van der Waals surface area contributed by atoms with Gasteiger partial charge in [-0.2, -0.15) is 0 Å². The van der Waals surface area contributed by atoms with Crippen molar-refractivity contribution in [2.45, 2.75) is 25.4 Å². The predicted octanol–water partition coefficient (Wildman–Crippen LogP) is 1.60. The second kappa shape index (κ2) is 6.12. The summed E-state index contributed by atoms with van der Waals surface area (Å²) >= 11 is 0. The highest BCUT2D eigenvalue weighted by atomic mass is 16.5. The maximum absolute atomic E-state index is 5.49. The zero-order valence-electron chi connectivity index (χ0n) is 12.4. The molecule has 110 valence electrons. The number of methoxy groups -OCH3 is 1. The van der Waals surface area contributed by atoms with E-state index in [-0.39, 0.29) is 0 Å². The van der Waals surface area contributed by atoms with Crippen LogP contribution >= 0.6 is 0 Å². The molecular weight excluding hydrogens is 252 g/mol. The van der Waals surface area contributed by atoms with E-state index in [4.69, 9.17) is 9.47 Å². The largest absolute Gasteiger partial charge is 0.497 e. The highest BCUT2D eigenvalue weighted by Gasteiger charge is 2.36. The third kappa shape index (κ3) is 2.55. The molecule has 2 atom stereocenters. The predicted molar refractivity (Wildman–Crippen MR) is 79.3 cm³/mol. The highest BCUT2D eigenvalue weighted by molar-refractivity contribution is 5.42. The monoisotopic (exact) mass is 276 g/mol. The number of nitrogens with zero attached hydrogens (tertiary/aromatic N) is 1. The second-order valence-electron chi connectivity index (χ2n) is 5.52. The summed E-state index contributed by atoms with van der Waals surface area (Å²) < 4.78 is 10.9. The van der Waals surface area contributed by atoms with Gasteiger partial charge >= 0.3 is 0 Å². The molecule has 0 amide bonds. The lowest BCUT2D eigenvalue weighted by atomic mass is 10.1. The van der Waals surface area contributed by atoms with Crippen LogP contribution in [-0.4, -0.2) is 50.9 Å². The molecule has 1 aliphatic heterocycles. The Bertz CT molecular complexity index is 458. The van der Waals surface area contributed by atoms with Crippen molar-refractivity contribution in [3.8, 4) is 5.75 Å². The summed E-state index contributed by atoms with van der Waals surface area (Å²) in [6.45, 7) is 6.95. The minimum Gasteiger partial charge on any atom is -0.497 e. The van der Waals surface area contributed by atoms with E-state index in [0.717, 1.165) is 45.0 Å². The molecule has 2 aliphatic rings. The second-order valence-corrected chi connectivity index (χ2v) is 5.52. The van der Waals surface area contributed by atoms with E-state index in [1.165, 1.54) is 11.1 Å². The van der Waals surface area contributed by atoms with E-state index in [1.54, 1.807) is 7.11 Å². The van der Waals surface area contributed by atoms with E-state index in [9.17, 15) is 0 Å². The standard InChI is InChI=1S/C16H24N2O2/c1-3-17-16-14-11-13(19-2)5-4-12(14)10-15(16)18-6-8-20-9-7-18/h4-5,11,15-17H,3,6-10H2,1-2H3. The Kier molecular flexibility index (Phi) is 4.24. The van der Waals surface area contributed by atoms with Crippen molar-refractivity contribution in [2.75, 3.05) is 40.0 Å². The van der Waals surface area contributed by atoms with Crippen molar-refractivity contribution in [1.82, 2.24) is 10.2 Å². The average molecular weight is 276 g/mol. The molecule has 4 heteroatoms. The molecule has 0 aromatic heterocycles. The minimum absolute atomic E-state index is 0.406. The number of fused-ring (bicyclic) bond motifs is 1. The van der Waals surface area contributed by atoms with Gasteiger partial charge < -0.3 is 14.8 Å². The maximum atomic E-state index is 5.49. The van der Waals surface area contributed by atoms with Gasteiger partial charge in [0.25, 0.3) is 0 Å². The SMILES string of the molecule is CCNC1c2cc(OC)ccc2CC1N1CCOCC1. The lowest BCUT2D eigenvalue weighted by molar-refractivity contribution is 0.0108. The summed E-state index contributed by atoms with van der Waals surface area (Å²) in [5.74, 6) is 0.953. The zero-order chi connectivity index (χ0) is 13.9. The summed E-state index contributed by atoms with van der Waals surface area (Å²) in [6, 6.07) is 7.44. The zero-order valence-corrected chi connectivity index (χ0v) is 12.4. The number of nitrogens with one attached hydrogen (secondary N) is 1. The molecular formula is C16H24N2O2. The van der Waals surface area contributed by atoms with Crippen molar-refractivity contribution in [3.63, 3.8) is 0 Å². The van der Waals surface area contributed by atoms with Gasteiger partial charge in [0.05, 0.1) is 20.3 Å². The van der Waals surface area contributed by atoms with Gasteiger partial charge in [-0.3, -0.25) is 4.90 Å². The third-order valence-electron chi connectivity index (χ3n) is 4.44. The topological polar surface area (TPSA) is 33.7 Å². The number of morpholine rings is 1. The number of likely N-dealkylation sites (N-methyl/N-ethyl adjacent to an activating group) is 1. The first-order valence-electron chi connectivity index (χ1n) is 7.55. The van der Waals surface area contributed by atoms with Crippen LogP contribution in [-0.2, 0) is 11.2 Å². The molecule has 1 saturated heterocycles. The van der Waals surface area contributed by atoms with E-state index in [1.807, 2.05) is 0 Å². The van der Waals surface area contributed by atoms with Crippen molar-refractivity contribution >= 4 is 0 Å². The maximum Gasteiger partial charge on any atom is 0.119 e. The van der Waals surface area contributed by atoms with Crippen LogP contribution in [0.15, 0.2) is 18.2 Å². The van der Waals surface area contributed by atoms with Gasteiger partial charge in [-0.15, -0.1) is 0 Å². The lowest BCUT2D eigenvalue weighted by Gasteiger charge is -2.36. The normalized spacial score (nSPS) is 26.5. The average Bonchev–Trinajstić information content (AvgIpc) is 2.86. The number of hydrogen-bond donors (Lipinski definition) is 1. The Labute approximate surface area is 121 Å². The van der Waals surface area contributed by atoms with Crippen molar-refractivity contribution in [2.24, 2.45) is 0 Å². The van der Waals surface area contributed by atoms with Crippen LogP contribution in [0.5, 0.6) is 5.75 Å². The van der Waals surface area contributed by atoms with Gasteiger partial charge in [-0.25, -0.2) is 0 Å². The molecule has 2 unspecified atom stereocenters. The highest BCUT2D eigenvalue weighted by Crippen LogP contribution is 2.36. The fraction of sp³-hybridized carbons (Fsp3) is 0.625. The quantitative estimate of drug-likeness (QED) is 0.906. The number of ether oxygens (including phenoxy) is 2. The van der Waals surface area contributed by atoms with Crippen LogP contribution in [0.2, 0.25) is 0 Å². The fourth-order valence-corrected chi connectivity index (χ4v) is 3.44. The number of hydrogen-bond acceptors (Lipinski definition) is 4. The summed E-state index contributed by atoms with van der Waals surface area (Å²) in [5.41, 5.74) is 2.86. The Balaban J connectivity index is 1.86. The molecule has 0 bridgehead atoms. The van der Waals surface area contributed by atoms with Gasteiger partial charge in [0, 0.05) is 25.2 Å². The van der Waals surface area contributed by atoms with E-state index in [0.29, 0.717) is 12.1 Å². The van der Waals surface area contributed by atoms with Crippen LogP contribution in [0.25, 0.3) is 0 Å². The van der Waals surface area contributed by atoms with Gasteiger partial charge in [0.15, 0.2) is 0 Å². The Hall–Kier alpha value is -1.10. The minimum atomic E-state index is 0.406. The molecule has 1 fully saturated rings. The van der Waals surface area contributed by atoms with Crippen molar-refractivity contribution in [3.05, 3.63) is 29.3 Å². The first-order chi connectivity index (χ1) is 9.83. The summed E-state index contributed by atoms with van der Waals surface area (Å²) in [4.78, 5) is 2.57. The Morgan fingerprint density at radius 2 is 2.15 bits per heavy atom. The fourth-order valence-electron chi connectivity index (χ4n) is 3.44. The molecule has 20 heavy (non-hydrogen) atoms. The van der Waals surface area contributed by atoms with Gasteiger partial charge in [0.2, 0.25) is 0 Å². The first-order valence-corrected chi connectivity index (χ1v) is 7.55. The molecule has 1 aromatic rings. The van der Waals surface area contributed by atoms with E-state index in [2.05, 4.69) is 35.3 Å². The van der Waals surface area contributed by atoms with Crippen LogP contribution in [0.4, 0.5) is 0 Å². The van der Waals surface area contributed by atoms with Crippen LogP contribution < -0.4 is 10.1 Å². The molecule has 1 N–H and O–H groups in total. The first kappa shape index (κ1) is 13.9. The van der Waals surface area contributed by atoms with Crippen LogP contribution in [0.3, 0.4) is 0 Å². The molecule has 1 aliphatic carbocycles. The van der Waals surface area contributed by atoms with E-state index >= 15 is 0 Å². The van der Waals surface area contributed by atoms with Gasteiger partial charge in [0.1, 0.15) is 5.75 Å². The van der Waals surface area contributed by atoms with Gasteiger partial charge in [-0.05, 0) is 36.2 Å². The van der Waals surface area contributed by atoms with Gasteiger partial charge in [-0.1, -0.05) is 13.0 Å².